The number of allylic oxidation sites excluding steroid dienone is 2. The van der Waals surface area contributed by atoms with Crippen LogP contribution in [0.3, 0.4) is 0 Å². The molecule has 0 fully saturated rings. The van der Waals surface area contributed by atoms with Crippen molar-refractivity contribution in [2.45, 2.75) is 89.5 Å². The van der Waals surface area contributed by atoms with Crippen LogP contribution in [0.25, 0.3) is 32.7 Å². The lowest BCUT2D eigenvalue weighted by Crippen LogP contribution is -2.32. The third kappa shape index (κ3) is 2.73. The van der Waals surface area contributed by atoms with E-state index in [4.69, 9.17) is 0 Å². The molecule has 1 aliphatic carbocycles. The van der Waals surface area contributed by atoms with Gasteiger partial charge < -0.3 is 0 Å². The minimum absolute atomic E-state index is 1.06. The third-order valence-corrected chi connectivity index (χ3v) is 8.91. The molecule has 0 aromatic heterocycles. The van der Waals surface area contributed by atoms with Crippen LogP contribution in [-0.2, 0) is 0 Å². The van der Waals surface area contributed by atoms with Gasteiger partial charge in [-0.05, 0) is 177 Å². The highest BCUT2D eigenvalue weighted by atomic mass is 14.3. The molecule has 0 radical (unpaired) electrons. The normalized spacial score (nSPS) is 14.7. The molecule has 4 rings (SSSR count). The van der Waals surface area contributed by atoms with Gasteiger partial charge in [-0.15, -0.1) is 0 Å². The molecule has 0 nitrogen and oxygen atoms in total. The van der Waals surface area contributed by atoms with Crippen LogP contribution in [0, 0.1) is 55.4 Å². The topological polar surface area (TPSA) is 0 Å². The Hall–Kier alpha value is -2.34. The van der Waals surface area contributed by atoms with Crippen molar-refractivity contribution in [3.63, 3.8) is 0 Å². The fourth-order valence-corrected chi connectivity index (χ4v) is 6.05. The highest BCUT2D eigenvalue weighted by Gasteiger charge is 2.22. The largest absolute Gasteiger partial charge is 0.0660 e. The summed E-state index contributed by atoms with van der Waals surface area (Å²) in [6.07, 6.45) is 1.06. The first-order chi connectivity index (χ1) is 14.4. The Bertz CT molecular complexity index is 1480. The summed E-state index contributed by atoms with van der Waals surface area (Å²) in [5, 5.41) is 8.95. The number of fused-ring (bicyclic) bond motifs is 6. The van der Waals surface area contributed by atoms with E-state index < -0.39 is 0 Å². The van der Waals surface area contributed by atoms with Crippen molar-refractivity contribution in [2.24, 2.45) is 0 Å². The van der Waals surface area contributed by atoms with Crippen LogP contribution in [0.15, 0.2) is 11.1 Å². The van der Waals surface area contributed by atoms with Gasteiger partial charge in [-0.25, -0.2) is 0 Å². The summed E-state index contributed by atoms with van der Waals surface area (Å²) in [4.78, 5) is 0. The highest BCUT2D eigenvalue weighted by Crippen LogP contribution is 2.38. The van der Waals surface area contributed by atoms with E-state index >= 15 is 0 Å². The van der Waals surface area contributed by atoms with Crippen LogP contribution in [0.4, 0.5) is 0 Å². The molecule has 0 bridgehead atoms. The summed E-state index contributed by atoms with van der Waals surface area (Å²) in [5.41, 5.74) is 17.5. The number of rotatable bonds is 0. The average Bonchev–Trinajstić information content (AvgIpc) is 2.82. The van der Waals surface area contributed by atoms with E-state index in [0.29, 0.717) is 0 Å². The van der Waals surface area contributed by atoms with Gasteiger partial charge in [0, 0.05) is 0 Å². The van der Waals surface area contributed by atoms with E-state index in [1.165, 1.54) is 98.8 Å². The van der Waals surface area contributed by atoms with Crippen LogP contribution < -0.4 is 10.4 Å². The minimum atomic E-state index is 1.06. The maximum Gasteiger partial charge on any atom is -0.00612 e. The fourth-order valence-electron chi connectivity index (χ4n) is 6.05. The lowest BCUT2D eigenvalue weighted by molar-refractivity contribution is 1.17. The minimum Gasteiger partial charge on any atom is -0.0660 e. The zero-order valence-corrected chi connectivity index (χ0v) is 21.7. The molecule has 162 valence electrons. The molecule has 0 saturated carbocycles. The molecule has 0 saturated heterocycles. The predicted molar refractivity (Wildman–Crippen MR) is 140 cm³/mol. The SMILES string of the molecule is CC1=C(C)C(C)=c2c(c3c(C)c(C)c(C)c(C)c3c3c(C)c(C)c(C)c(C)c23)=C(C)C1. The van der Waals surface area contributed by atoms with Gasteiger partial charge in [-0.2, -0.15) is 0 Å². The van der Waals surface area contributed by atoms with Crippen LogP contribution in [0.5, 0.6) is 0 Å². The molecule has 3 aromatic carbocycles. The Kier molecular flexibility index (Phi) is 5.00. The van der Waals surface area contributed by atoms with E-state index in [0.717, 1.165) is 6.42 Å². The molecule has 0 aliphatic heterocycles. The maximum atomic E-state index is 2.37. The smallest absolute Gasteiger partial charge is 0.00612 e. The maximum absolute atomic E-state index is 2.37. The van der Waals surface area contributed by atoms with Gasteiger partial charge in [-0.3, -0.25) is 0 Å². The summed E-state index contributed by atoms with van der Waals surface area (Å²) in [6, 6.07) is 0. The zero-order valence-electron chi connectivity index (χ0n) is 21.7. The van der Waals surface area contributed by atoms with Crippen molar-refractivity contribution in [1.82, 2.24) is 0 Å². The highest BCUT2D eigenvalue weighted by molar-refractivity contribution is 6.15. The van der Waals surface area contributed by atoms with Crippen molar-refractivity contribution < 1.29 is 0 Å². The van der Waals surface area contributed by atoms with Crippen molar-refractivity contribution in [1.29, 1.82) is 0 Å². The summed E-state index contributed by atoms with van der Waals surface area (Å²) in [6.45, 7) is 28.0. The van der Waals surface area contributed by atoms with E-state index in [1.807, 2.05) is 0 Å². The lowest BCUT2D eigenvalue weighted by Gasteiger charge is -2.23. The molecular formula is C31H38. The van der Waals surface area contributed by atoms with Crippen molar-refractivity contribution >= 4 is 32.7 Å². The van der Waals surface area contributed by atoms with Gasteiger partial charge >= 0.3 is 0 Å². The molecule has 0 atom stereocenters. The van der Waals surface area contributed by atoms with E-state index in [1.54, 1.807) is 0 Å². The number of hydrogen-bond acceptors (Lipinski definition) is 0. The quantitative estimate of drug-likeness (QED) is 0.336. The van der Waals surface area contributed by atoms with Crippen LogP contribution in [0.2, 0.25) is 0 Å². The first-order valence-electron chi connectivity index (χ1n) is 11.7. The zero-order chi connectivity index (χ0) is 23.1. The molecule has 0 heteroatoms. The second-order valence-corrected chi connectivity index (χ2v) is 10.2. The van der Waals surface area contributed by atoms with Gasteiger partial charge in [0.15, 0.2) is 0 Å². The molecule has 1 aliphatic rings. The first kappa shape index (κ1) is 21.9. The molecule has 0 amide bonds. The standard InChI is InChI=1S/C31H38/c1-14-13-15(2)26-27(21(8)16(14)3)29-23(10)19(6)20(7)25(12)31(29)30-24(11)18(5)17(4)22(9)28(26)30/h13H2,1-12H3. The molecular weight excluding hydrogens is 372 g/mol. The Morgan fingerprint density at radius 2 is 0.677 bits per heavy atom. The number of benzene rings is 3. The van der Waals surface area contributed by atoms with Crippen molar-refractivity contribution in [3.8, 4) is 0 Å². The Balaban J connectivity index is 2.67. The monoisotopic (exact) mass is 410 g/mol. The van der Waals surface area contributed by atoms with Crippen molar-refractivity contribution in [2.75, 3.05) is 0 Å². The van der Waals surface area contributed by atoms with Crippen molar-refractivity contribution in [3.05, 3.63) is 66.1 Å². The Labute approximate surface area is 188 Å². The summed E-state index contributed by atoms with van der Waals surface area (Å²) in [5.74, 6) is 0. The molecule has 0 unspecified atom stereocenters. The van der Waals surface area contributed by atoms with E-state index in [2.05, 4.69) is 83.1 Å². The molecule has 0 N–H and O–H groups in total. The van der Waals surface area contributed by atoms with Crippen LogP contribution >= 0.6 is 0 Å². The van der Waals surface area contributed by atoms with Gasteiger partial charge in [-0.1, -0.05) is 11.1 Å². The molecule has 0 heterocycles. The fraction of sp³-hybridized carbons (Fsp3) is 0.419. The summed E-state index contributed by atoms with van der Waals surface area (Å²) < 4.78 is 0. The average molecular weight is 411 g/mol. The Morgan fingerprint density at radius 1 is 0.323 bits per heavy atom. The third-order valence-electron chi connectivity index (χ3n) is 8.91. The number of aryl methyl sites for hydroxylation is 4. The van der Waals surface area contributed by atoms with Gasteiger partial charge in [0.25, 0.3) is 0 Å². The van der Waals surface area contributed by atoms with Gasteiger partial charge in [0.2, 0.25) is 0 Å². The summed E-state index contributed by atoms with van der Waals surface area (Å²) >= 11 is 0. The molecule has 31 heavy (non-hydrogen) atoms. The molecule has 3 aromatic rings. The first-order valence-corrected chi connectivity index (χ1v) is 11.7. The van der Waals surface area contributed by atoms with E-state index in [9.17, 15) is 0 Å². The second-order valence-electron chi connectivity index (χ2n) is 10.2. The summed E-state index contributed by atoms with van der Waals surface area (Å²) in [7, 11) is 0. The predicted octanol–water partition coefficient (Wildman–Crippen LogP) is 7.54. The van der Waals surface area contributed by atoms with Crippen LogP contribution in [-0.4, -0.2) is 0 Å². The second kappa shape index (κ2) is 7.09. The van der Waals surface area contributed by atoms with Gasteiger partial charge in [0.05, 0.1) is 0 Å². The lowest BCUT2D eigenvalue weighted by atomic mass is 9.81. The Morgan fingerprint density at radius 3 is 1.10 bits per heavy atom. The van der Waals surface area contributed by atoms with Gasteiger partial charge in [0.1, 0.15) is 0 Å². The number of hydrogen-bond donors (Lipinski definition) is 0. The van der Waals surface area contributed by atoms with E-state index in [-0.39, 0.29) is 0 Å². The molecule has 0 spiro atoms. The van der Waals surface area contributed by atoms with Crippen LogP contribution in [0.1, 0.15) is 78.6 Å².